The van der Waals surface area contributed by atoms with Crippen LogP contribution >= 0.6 is 11.6 Å². The van der Waals surface area contributed by atoms with Gasteiger partial charge in [-0.05, 0) is 76.4 Å². The minimum absolute atomic E-state index is 0.343. The van der Waals surface area contributed by atoms with Gasteiger partial charge in [0.15, 0.2) is 0 Å². The molecule has 0 N–H and O–H groups in total. The maximum atomic E-state index is 12.4. The smallest absolute Gasteiger partial charge is 0.318 e. The van der Waals surface area contributed by atoms with Gasteiger partial charge in [0, 0.05) is 59.9 Å². The average Bonchev–Trinajstić information content (AvgIpc) is 3.45. The highest BCUT2D eigenvalue weighted by Crippen LogP contribution is 2.36. The lowest BCUT2D eigenvalue weighted by atomic mass is 10.0. The Kier molecular flexibility index (Phi) is 11.4. The fourth-order valence-corrected chi connectivity index (χ4v) is 6.35. The molecule has 0 bridgehead atoms. The van der Waals surface area contributed by atoms with Crippen LogP contribution in [-0.2, 0) is 23.8 Å². The Hall–Kier alpha value is -2.72. The zero-order valence-electron chi connectivity index (χ0n) is 25.0. The van der Waals surface area contributed by atoms with Crippen molar-refractivity contribution in [3.8, 4) is 6.01 Å². The topological polar surface area (TPSA) is 65.0 Å². The summed E-state index contributed by atoms with van der Waals surface area (Å²) >= 11 is 6.59. The Morgan fingerprint density at radius 3 is 2.46 bits per heavy atom. The predicted molar refractivity (Wildman–Crippen MR) is 173 cm³/mol. The van der Waals surface area contributed by atoms with E-state index in [1.54, 1.807) is 12.5 Å². The summed E-state index contributed by atoms with van der Waals surface area (Å²) in [5.41, 5.74) is 3.16. The van der Waals surface area contributed by atoms with Crippen LogP contribution < -0.4 is 14.5 Å². The van der Waals surface area contributed by atoms with Gasteiger partial charge in [-0.1, -0.05) is 41.9 Å². The van der Waals surface area contributed by atoms with Crippen molar-refractivity contribution in [2.45, 2.75) is 25.8 Å². The van der Waals surface area contributed by atoms with Gasteiger partial charge in [0.1, 0.15) is 5.82 Å². The molecule has 2 aliphatic rings. The van der Waals surface area contributed by atoms with Crippen LogP contribution in [0.25, 0.3) is 10.8 Å². The number of aromatic nitrogens is 2. The molecule has 8 nitrogen and oxygen atoms in total. The minimum Gasteiger partial charge on any atom is -0.467 e. The highest BCUT2D eigenvalue weighted by molar-refractivity contribution is 7.88. The van der Waals surface area contributed by atoms with Gasteiger partial charge in [-0.25, -0.2) is 0 Å². The Bertz CT molecular complexity index is 1360. The van der Waals surface area contributed by atoms with Gasteiger partial charge >= 0.3 is 6.01 Å². The summed E-state index contributed by atoms with van der Waals surface area (Å²) in [7, 11) is 8.69. The second-order valence-corrected chi connectivity index (χ2v) is 12.7. The molecule has 3 heterocycles. The summed E-state index contributed by atoms with van der Waals surface area (Å²) in [6.07, 6.45) is 5.57. The largest absolute Gasteiger partial charge is 0.467 e. The quantitative estimate of drug-likeness (QED) is 0.347. The molecule has 2 aliphatic heterocycles. The fourth-order valence-electron chi connectivity index (χ4n) is 5.18. The third kappa shape index (κ3) is 8.41. The first-order chi connectivity index (χ1) is 19.8. The highest BCUT2D eigenvalue weighted by atomic mass is 35.5. The summed E-state index contributed by atoms with van der Waals surface area (Å²) in [4.78, 5) is 18.1. The van der Waals surface area contributed by atoms with Crippen LogP contribution in [0.15, 0.2) is 47.9 Å². The lowest BCUT2D eigenvalue weighted by Crippen LogP contribution is -2.34. The van der Waals surface area contributed by atoms with Gasteiger partial charge in [-0.3, -0.25) is 4.21 Å². The third-order valence-electron chi connectivity index (χ3n) is 7.42. The number of ether oxygens (including phenoxy) is 1. The van der Waals surface area contributed by atoms with E-state index in [1.807, 2.05) is 44.3 Å². The van der Waals surface area contributed by atoms with Crippen molar-refractivity contribution >= 4 is 44.7 Å². The highest BCUT2D eigenvalue weighted by Gasteiger charge is 2.26. The zero-order valence-corrected chi connectivity index (χ0v) is 26.5. The number of benzene rings is 2. The molecule has 3 aromatic rings. The van der Waals surface area contributed by atoms with Crippen molar-refractivity contribution in [1.82, 2.24) is 19.8 Å². The van der Waals surface area contributed by atoms with Gasteiger partial charge in [0.05, 0.1) is 24.4 Å². The lowest BCUT2D eigenvalue weighted by Gasteiger charge is -2.33. The first-order valence-corrected chi connectivity index (χ1v) is 16.0. The molecule has 41 heavy (non-hydrogen) atoms. The number of fused-ring (bicyclic) bond motifs is 2. The first-order valence-electron chi connectivity index (χ1n) is 14.2. The van der Waals surface area contributed by atoms with E-state index in [1.165, 1.54) is 25.9 Å². The van der Waals surface area contributed by atoms with E-state index in [-0.39, 0.29) is 0 Å². The molecule has 0 spiro atoms. The van der Waals surface area contributed by atoms with E-state index in [0.717, 1.165) is 58.1 Å². The van der Waals surface area contributed by atoms with Crippen LogP contribution in [-0.4, -0.2) is 97.8 Å². The van der Waals surface area contributed by atoms with Crippen molar-refractivity contribution in [3.63, 3.8) is 0 Å². The van der Waals surface area contributed by atoms with Crippen LogP contribution in [0.4, 0.5) is 11.5 Å². The fraction of sp³-hybridized carbons (Fsp3) is 0.484. The van der Waals surface area contributed by atoms with Crippen molar-refractivity contribution in [1.29, 1.82) is 0 Å². The number of halogens is 1. The van der Waals surface area contributed by atoms with Crippen LogP contribution in [0.1, 0.15) is 24.1 Å². The first kappa shape index (κ1) is 31.2. The predicted octanol–water partition coefficient (Wildman–Crippen LogP) is 4.83. The summed E-state index contributed by atoms with van der Waals surface area (Å²) in [5, 5.41) is 4.70. The maximum Gasteiger partial charge on any atom is 0.318 e. The van der Waals surface area contributed by atoms with E-state index >= 15 is 0 Å². The number of anilines is 2. The molecule has 1 saturated heterocycles. The number of likely N-dealkylation sites (tertiary alicyclic amines) is 1. The molecule has 5 rings (SSSR count). The third-order valence-corrected chi connectivity index (χ3v) is 8.81. The molecule has 0 radical (unpaired) electrons. The SMILES string of the molecule is CN1CCCC1.COc1nc2c(c(N(C)CCS(=O)/C=C/CN(C)C)n1)CCN(c1cccc3cccc(Cl)c13)C2. The molecule has 10 heteroatoms. The van der Waals surface area contributed by atoms with Crippen LogP contribution in [0.5, 0.6) is 6.01 Å². The summed E-state index contributed by atoms with van der Waals surface area (Å²) < 4.78 is 17.8. The second kappa shape index (κ2) is 15.0. The number of rotatable bonds is 9. The van der Waals surface area contributed by atoms with E-state index < -0.39 is 10.8 Å². The molecule has 1 aromatic heterocycles. The molecule has 0 aliphatic carbocycles. The molecular formula is C31H43ClN6O2S. The number of hydrogen-bond acceptors (Lipinski definition) is 8. The summed E-state index contributed by atoms with van der Waals surface area (Å²) in [6, 6.07) is 12.6. The number of likely N-dealkylation sites (N-methyl/N-ethyl adjacent to an activating group) is 1. The number of hydrogen-bond donors (Lipinski definition) is 0. The van der Waals surface area contributed by atoms with Gasteiger partial charge in [-0.15, -0.1) is 0 Å². The van der Waals surface area contributed by atoms with Crippen molar-refractivity contribution in [3.05, 3.63) is 64.2 Å². The maximum absolute atomic E-state index is 12.4. The average molecular weight is 599 g/mol. The van der Waals surface area contributed by atoms with Gasteiger partial charge in [0.25, 0.3) is 0 Å². The normalized spacial score (nSPS) is 16.1. The van der Waals surface area contributed by atoms with E-state index in [2.05, 4.69) is 51.0 Å². The van der Waals surface area contributed by atoms with Crippen LogP contribution in [0.3, 0.4) is 0 Å². The standard InChI is InChI=1S/C26H32ClN5O2S.C5H11N/c1-30(2)13-7-16-35(33)17-15-31(3)25-20-12-14-32(18-22(20)28-26(29-25)34-4)23-11-6-9-19-8-5-10-21(27)24(19)23;1-6-4-2-3-5-6/h5-11,16H,12-15,17-18H2,1-4H3;2-5H2,1H3/b16-7+;. The minimum atomic E-state index is -1.03. The molecule has 0 saturated carbocycles. The molecule has 1 unspecified atom stereocenters. The van der Waals surface area contributed by atoms with E-state index in [0.29, 0.717) is 24.9 Å². The number of methoxy groups -OCH3 is 1. The summed E-state index contributed by atoms with van der Waals surface area (Å²) in [6.45, 7) is 5.50. The van der Waals surface area contributed by atoms with Crippen LogP contribution in [0.2, 0.25) is 5.02 Å². The Morgan fingerprint density at radius 1 is 1.07 bits per heavy atom. The monoisotopic (exact) mass is 598 g/mol. The Balaban J connectivity index is 0.000000572. The van der Waals surface area contributed by atoms with Crippen molar-refractivity contribution < 1.29 is 8.95 Å². The Labute approximate surface area is 252 Å². The molecule has 1 atom stereocenters. The van der Waals surface area contributed by atoms with Crippen molar-refractivity contribution in [2.24, 2.45) is 0 Å². The molecule has 1 fully saturated rings. The van der Waals surface area contributed by atoms with Gasteiger partial charge in [-0.2, -0.15) is 9.97 Å². The molecule has 222 valence electrons. The van der Waals surface area contributed by atoms with E-state index in [4.69, 9.17) is 21.3 Å². The number of nitrogens with zero attached hydrogens (tertiary/aromatic N) is 6. The van der Waals surface area contributed by atoms with Crippen molar-refractivity contribution in [2.75, 3.05) is 83.6 Å². The Morgan fingerprint density at radius 2 is 1.80 bits per heavy atom. The molecular weight excluding hydrogens is 556 g/mol. The van der Waals surface area contributed by atoms with Crippen LogP contribution in [0, 0.1) is 0 Å². The second-order valence-electron chi connectivity index (χ2n) is 10.9. The molecule has 0 amide bonds. The molecule has 2 aromatic carbocycles. The lowest BCUT2D eigenvalue weighted by molar-refractivity contribution is 0.376. The van der Waals surface area contributed by atoms with Gasteiger partial charge in [0.2, 0.25) is 0 Å². The van der Waals surface area contributed by atoms with E-state index in [9.17, 15) is 4.21 Å². The zero-order chi connectivity index (χ0) is 29.4. The summed E-state index contributed by atoms with van der Waals surface area (Å²) in [5.74, 6) is 1.37. The van der Waals surface area contributed by atoms with Gasteiger partial charge < -0.3 is 24.3 Å².